The molecular weight excluding hydrogens is 781 g/mol. The lowest BCUT2D eigenvalue weighted by molar-refractivity contribution is -0.118. The first-order chi connectivity index (χ1) is 27.8. The number of benzene rings is 1. The van der Waals surface area contributed by atoms with Crippen LogP contribution in [0.5, 0.6) is 0 Å². The molecular formula is C41H40N8O7S2. The highest BCUT2D eigenvalue weighted by Gasteiger charge is 2.33. The number of hydrogen-bond donors (Lipinski definition) is 3. The Balaban J connectivity index is 0.000000178. The number of amides is 2. The Kier molecular flexibility index (Phi) is 11.1. The fraction of sp³-hybridized carbons (Fsp3) is 0.195. The van der Waals surface area contributed by atoms with E-state index in [0.29, 0.717) is 22.8 Å². The number of nitrogens with one attached hydrogen (secondary N) is 2. The minimum absolute atomic E-state index is 0.123. The maximum Gasteiger partial charge on any atom is 0.412 e. The number of aliphatic hydroxyl groups is 1. The van der Waals surface area contributed by atoms with Gasteiger partial charge in [-0.2, -0.15) is 0 Å². The number of anilines is 2. The molecule has 58 heavy (non-hydrogen) atoms. The number of carbonyl (C=O) groups is 2. The van der Waals surface area contributed by atoms with Crippen LogP contribution in [-0.4, -0.2) is 81.9 Å². The van der Waals surface area contributed by atoms with Crippen molar-refractivity contribution in [2.45, 2.75) is 43.8 Å². The number of ether oxygens (including phenoxy) is 1. The van der Waals surface area contributed by atoms with E-state index >= 15 is 0 Å². The van der Waals surface area contributed by atoms with Gasteiger partial charge in [0.15, 0.2) is 0 Å². The minimum atomic E-state index is -3.78. The molecule has 1 aromatic carbocycles. The second kappa shape index (κ2) is 16.2. The first-order valence-electron chi connectivity index (χ1n) is 18.2. The molecule has 17 heteroatoms. The summed E-state index contributed by atoms with van der Waals surface area (Å²) in [5.41, 5.74) is 5.81. The minimum Gasteiger partial charge on any atom is -0.450 e. The molecule has 0 radical (unpaired) electrons. The summed E-state index contributed by atoms with van der Waals surface area (Å²) in [4.78, 5) is 40.5. The summed E-state index contributed by atoms with van der Waals surface area (Å²) in [6, 6.07) is 18.9. The summed E-state index contributed by atoms with van der Waals surface area (Å²) in [5, 5.41) is 15.8. The largest absolute Gasteiger partial charge is 0.450 e. The molecule has 1 aliphatic rings. The number of aryl methyl sites for hydroxylation is 2. The Labute approximate surface area is 335 Å². The number of aliphatic hydroxyl groups excluding tert-OH is 1. The van der Waals surface area contributed by atoms with Crippen LogP contribution >= 0.6 is 0 Å². The normalized spacial score (nSPS) is 13.7. The average molecular weight is 821 g/mol. The van der Waals surface area contributed by atoms with E-state index in [9.17, 15) is 22.2 Å². The molecule has 1 aliphatic carbocycles. The van der Waals surface area contributed by atoms with Crippen molar-refractivity contribution in [2.24, 2.45) is 0 Å². The van der Waals surface area contributed by atoms with Gasteiger partial charge in [0.1, 0.15) is 18.2 Å². The molecule has 0 spiro atoms. The van der Waals surface area contributed by atoms with Crippen LogP contribution in [0.2, 0.25) is 0 Å². The molecule has 2 amide bonds. The molecule has 0 aliphatic heterocycles. The first kappa shape index (κ1) is 39.8. The van der Waals surface area contributed by atoms with Crippen molar-refractivity contribution < 1.29 is 32.1 Å². The first-order valence-corrected chi connectivity index (χ1v) is 21.4. The Bertz CT molecular complexity index is 2910. The SMILES string of the molecule is C=S(=O)(C1CC1)n1ccc2c(-c3ccnc(NC(=O)CO)c3)cnc(C)c21.CCOC(=O)Nc1cc(-c2cnc(C)c3c2ccn3S(=O)(=O)c2ccccc2)ccn1. The maximum atomic E-state index is 13.2. The summed E-state index contributed by atoms with van der Waals surface area (Å²) in [7, 11) is -6.20. The second-order valence-corrected chi connectivity index (χ2v) is 17.7. The zero-order chi connectivity index (χ0) is 41.2. The Hall–Kier alpha value is -6.43. The molecule has 6 heterocycles. The molecule has 1 saturated carbocycles. The Morgan fingerprint density at radius 2 is 1.33 bits per heavy atom. The molecule has 7 aromatic rings. The third kappa shape index (κ3) is 7.91. The monoisotopic (exact) mass is 820 g/mol. The number of carbonyl (C=O) groups excluding carboxylic acids is 2. The van der Waals surface area contributed by atoms with Crippen molar-refractivity contribution in [3.8, 4) is 22.3 Å². The molecule has 298 valence electrons. The number of aromatic nitrogens is 6. The predicted molar refractivity (Wildman–Crippen MR) is 224 cm³/mol. The van der Waals surface area contributed by atoms with Crippen molar-refractivity contribution >= 4 is 71.0 Å². The van der Waals surface area contributed by atoms with Crippen molar-refractivity contribution in [1.82, 2.24) is 27.9 Å². The number of nitrogens with zero attached hydrogens (tertiary/aromatic N) is 6. The van der Waals surface area contributed by atoms with Crippen molar-refractivity contribution in [1.29, 1.82) is 0 Å². The topological polar surface area (TPSA) is 200 Å². The van der Waals surface area contributed by atoms with Gasteiger partial charge in [0.05, 0.1) is 43.6 Å². The van der Waals surface area contributed by atoms with Crippen LogP contribution in [-0.2, 0) is 29.3 Å². The third-order valence-electron chi connectivity index (χ3n) is 9.48. The van der Waals surface area contributed by atoms with Gasteiger partial charge in [0.25, 0.3) is 15.9 Å². The fourth-order valence-corrected chi connectivity index (χ4v) is 9.98. The molecule has 8 rings (SSSR count). The summed E-state index contributed by atoms with van der Waals surface area (Å²) < 4.78 is 47.5. The summed E-state index contributed by atoms with van der Waals surface area (Å²) in [6.45, 7) is 5.02. The van der Waals surface area contributed by atoms with Crippen LogP contribution in [0, 0.1) is 13.8 Å². The lowest BCUT2D eigenvalue weighted by Crippen LogP contribution is -2.16. The van der Waals surface area contributed by atoms with Crippen molar-refractivity contribution in [2.75, 3.05) is 23.8 Å². The van der Waals surface area contributed by atoms with Crippen LogP contribution in [0.1, 0.15) is 31.2 Å². The Morgan fingerprint density at radius 3 is 1.86 bits per heavy atom. The highest BCUT2D eigenvalue weighted by molar-refractivity contribution is 7.99. The van der Waals surface area contributed by atoms with Gasteiger partial charge in [-0.05, 0) is 99.1 Å². The van der Waals surface area contributed by atoms with Crippen molar-refractivity contribution in [3.05, 3.63) is 115 Å². The zero-order valence-electron chi connectivity index (χ0n) is 31.8. The van der Waals surface area contributed by atoms with Gasteiger partial charge in [-0.15, -0.1) is 0 Å². The molecule has 15 nitrogen and oxygen atoms in total. The molecule has 1 atom stereocenters. The Morgan fingerprint density at radius 1 is 0.793 bits per heavy atom. The van der Waals surface area contributed by atoms with Crippen LogP contribution in [0.4, 0.5) is 16.4 Å². The zero-order valence-corrected chi connectivity index (χ0v) is 33.5. The highest BCUT2D eigenvalue weighted by atomic mass is 32.2. The number of fused-ring (bicyclic) bond motifs is 2. The maximum absolute atomic E-state index is 13.2. The quantitative estimate of drug-likeness (QED) is 0.133. The van der Waals surface area contributed by atoms with E-state index in [4.69, 9.17) is 9.84 Å². The molecule has 3 N–H and O–H groups in total. The second-order valence-electron chi connectivity index (χ2n) is 13.4. The summed E-state index contributed by atoms with van der Waals surface area (Å²) in [5.74, 6) is 4.14. The van der Waals surface area contributed by atoms with Crippen LogP contribution in [0.15, 0.2) is 109 Å². The number of rotatable bonds is 10. The van der Waals surface area contributed by atoms with Gasteiger partial charge in [-0.3, -0.25) is 24.1 Å². The number of pyridine rings is 4. The molecule has 1 fully saturated rings. The lowest BCUT2D eigenvalue weighted by atomic mass is 10.0. The van der Waals surface area contributed by atoms with Gasteiger partial charge in [0.2, 0.25) is 0 Å². The van der Waals surface area contributed by atoms with E-state index in [2.05, 4.69) is 36.4 Å². The number of hydrogen-bond acceptors (Lipinski definition) is 11. The summed E-state index contributed by atoms with van der Waals surface area (Å²) in [6.07, 6.45) is 11.2. The van der Waals surface area contributed by atoms with Crippen LogP contribution < -0.4 is 10.6 Å². The molecule has 6 aromatic heterocycles. The van der Waals surface area contributed by atoms with Gasteiger partial charge in [-0.25, -0.2) is 31.4 Å². The van der Waals surface area contributed by atoms with Crippen molar-refractivity contribution in [3.63, 3.8) is 0 Å². The summed E-state index contributed by atoms with van der Waals surface area (Å²) >= 11 is 0. The molecule has 1 unspecified atom stereocenters. The lowest BCUT2D eigenvalue weighted by Gasteiger charge is -2.14. The van der Waals surface area contributed by atoms with E-state index < -0.39 is 38.3 Å². The molecule has 0 saturated heterocycles. The standard InChI is InChI=1S/C22H20N4O4S.C19H20N4O3S/c1-3-30-22(27)25-20-13-16(9-11-23-20)19-14-24-15(2)21-18(19)10-12-26(21)31(28,29)17-7-5-4-6-8-17;1-12-19-15(6-8-23(19)27(2,26)14-3-4-14)16(10-21-12)13-5-7-20-17(9-13)22-18(25)11-24/h4-14H,3H2,1-2H3,(H,23,25,27);5-10,14,24H,2-4,11H2,1H3,(H,20,22,25). The van der Waals surface area contributed by atoms with Gasteiger partial charge >= 0.3 is 6.09 Å². The molecule has 0 bridgehead atoms. The van der Waals surface area contributed by atoms with Crippen LogP contribution in [0.25, 0.3) is 44.1 Å². The van der Waals surface area contributed by atoms with E-state index in [1.807, 2.05) is 25.3 Å². The van der Waals surface area contributed by atoms with E-state index in [1.54, 1.807) is 97.2 Å². The predicted octanol–water partition coefficient (Wildman–Crippen LogP) is 6.19. The highest BCUT2D eigenvalue weighted by Crippen LogP contribution is 2.37. The third-order valence-corrected chi connectivity index (χ3v) is 13.7. The van der Waals surface area contributed by atoms with Gasteiger partial charge in [0, 0.05) is 64.3 Å². The van der Waals surface area contributed by atoms with E-state index in [0.717, 1.165) is 57.1 Å². The smallest absolute Gasteiger partial charge is 0.412 e. The van der Waals surface area contributed by atoms with E-state index in [-0.39, 0.29) is 16.8 Å². The fourth-order valence-electron chi connectivity index (χ4n) is 6.56. The van der Waals surface area contributed by atoms with Gasteiger partial charge in [-0.1, -0.05) is 18.2 Å². The van der Waals surface area contributed by atoms with Crippen LogP contribution in [0.3, 0.4) is 0 Å². The van der Waals surface area contributed by atoms with Gasteiger partial charge < -0.3 is 15.2 Å². The van der Waals surface area contributed by atoms with E-state index in [1.165, 1.54) is 10.2 Å². The average Bonchev–Trinajstić information content (AvgIpc) is 3.82.